The van der Waals surface area contributed by atoms with Crippen LogP contribution in [0.1, 0.15) is 30.7 Å². The van der Waals surface area contributed by atoms with Crippen LogP contribution in [0.25, 0.3) is 0 Å². The van der Waals surface area contributed by atoms with Crippen molar-refractivity contribution in [2.75, 3.05) is 13.1 Å². The number of benzene rings is 1. The van der Waals surface area contributed by atoms with E-state index in [0.29, 0.717) is 19.5 Å². The molecule has 0 saturated heterocycles. The predicted octanol–water partition coefficient (Wildman–Crippen LogP) is 1.39. The Labute approximate surface area is 189 Å². The van der Waals surface area contributed by atoms with E-state index in [1.807, 2.05) is 56.3 Å². The van der Waals surface area contributed by atoms with Gasteiger partial charge in [0.1, 0.15) is 6.04 Å². The van der Waals surface area contributed by atoms with Crippen LogP contribution in [-0.2, 0) is 22.6 Å². The van der Waals surface area contributed by atoms with Crippen LogP contribution in [0.2, 0.25) is 0 Å². The number of carbonyl (C=O) groups is 2. The maximum atomic E-state index is 12.5. The summed E-state index contributed by atoms with van der Waals surface area (Å²) in [4.78, 5) is 29.0. The SMILES string of the molecule is CC(C)C(NC(=O)CNCc1ccc(C=NN)cc1)C(=O)NCCc1ccccn1.Cl. The second-order valence-electron chi connectivity index (χ2n) is 7.27. The summed E-state index contributed by atoms with van der Waals surface area (Å²) in [7, 11) is 0. The van der Waals surface area contributed by atoms with Crippen LogP contribution in [0.15, 0.2) is 53.8 Å². The molecule has 5 N–H and O–H groups in total. The Hall–Kier alpha value is -2.97. The molecule has 0 aliphatic carbocycles. The first-order chi connectivity index (χ1) is 14.5. The van der Waals surface area contributed by atoms with Gasteiger partial charge in [-0.3, -0.25) is 14.6 Å². The predicted molar refractivity (Wildman–Crippen MR) is 125 cm³/mol. The van der Waals surface area contributed by atoms with Gasteiger partial charge in [0.25, 0.3) is 0 Å². The molecule has 0 saturated carbocycles. The molecule has 0 spiro atoms. The van der Waals surface area contributed by atoms with Crippen LogP contribution >= 0.6 is 12.4 Å². The molecular weight excluding hydrogens is 416 g/mol. The smallest absolute Gasteiger partial charge is 0.242 e. The number of hydrazone groups is 1. The van der Waals surface area contributed by atoms with Gasteiger partial charge < -0.3 is 21.8 Å². The number of nitrogens with one attached hydrogen (secondary N) is 3. The topological polar surface area (TPSA) is 122 Å². The highest BCUT2D eigenvalue weighted by Crippen LogP contribution is 2.03. The summed E-state index contributed by atoms with van der Waals surface area (Å²) in [6.07, 6.45) is 3.94. The van der Waals surface area contributed by atoms with Gasteiger partial charge in [0, 0.05) is 31.4 Å². The fourth-order valence-corrected chi connectivity index (χ4v) is 2.86. The van der Waals surface area contributed by atoms with Crippen LogP contribution in [0.4, 0.5) is 0 Å². The number of hydrogen-bond acceptors (Lipinski definition) is 6. The van der Waals surface area contributed by atoms with Crippen molar-refractivity contribution in [1.82, 2.24) is 20.9 Å². The standard InChI is InChI=1S/C22H30N6O2.ClH/c1-16(2)21(22(30)26-12-10-19-5-3-4-11-25-19)28-20(29)15-24-13-17-6-8-18(9-7-17)14-27-23;/h3-9,11,14,16,21,24H,10,12-13,15,23H2,1-2H3,(H,26,30)(H,28,29);1H. The van der Waals surface area contributed by atoms with Gasteiger partial charge in [-0.1, -0.05) is 44.2 Å². The molecule has 9 heteroatoms. The normalized spacial score (nSPS) is 11.7. The molecule has 0 aliphatic heterocycles. The van der Waals surface area contributed by atoms with Crippen LogP contribution in [0.3, 0.4) is 0 Å². The summed E-state index contributed by atoms with van der Waals surface area (Å²) < 4.78 is 0. The van der Waals surface area contributed by atoms with Gasteiger partial charge in [-0.25, -0.2) is 0 Å². The molecule has 0 radical (unpaired) electrons. The molecular formula is C22H31ClN6O2. The number of pyridine rings is 1. The summed E-state index contributed by atoms with van der Waals surface area (Å²) in [5.74, 6) is 4.69. The van der Waals surface area contributed by atoms with E-state index < -0.39 is 6.04 Å². The highest BCUT2D eigenvalue weighted by atomic mass is 35.5. The Morgan fingerprint density at radius 1 is 1.16 bits per heavy atom. The van der Waals surface area contributed by atoms with Gasteiger partial charge >= 0.3 is 0 Å². The molecule has 8 nitrogen and oxygen atoms in total. The molecule has 2 rings (SSSR count). The van der Waals surface area contributed by atoms with Crippen molar-refractivity contribution < 1.29 is 9.59 Å². The first-order valence-electron chi connectivity index (χ1n) is 9.99. The maximum Gasteiger partial charge on any atom is 0.242 e. The Bertz CT molecular complexity index is 828. The minimum Gasteiger partial charge on any atom is -0.354 e. The molecule has 1 atom stereocenters. The van der Waals surface area contributed by atoms with E-state index in [4.69, 9.17) is 5.84 Å². The van der Waals surface area contributed by atoms with Gasteiger partial charge in [-0.2, -0.15) is 5.10 Å². The average molecular weight is 447 g/mol. The molecule has 0 fully saturated rings. The van der Waals surface area contributed by atoms with Crippen LogP contribution in [-0.4, -0.2) is 42.1 Å². The molecule has 168 valence electrons. The third-order valence-corrected chi connectivity index (χ3v) is 4.49. The molecule has 2 amide bonds. The third kappa shape index (κ3) is 9.59. The monoisotopic (exact) mass is 446 g/mol. The molecule has 2 aromatic rings. The van der Waals surface area contributed by atoms with E-state index in [9.17, 15) is 9.59 Å². The lowest BCUT2D eigenvalue weighted by molar-refractivity contribution is -0.129. The number of hydrogen-bond donors (Lipinski definition) is 4. The van der Waals surface area contributed by atoms with E-state index in [-0.39, 0.29) is 36.7 Å². The van der Waals surface area contributed by atoms with Crippen LogP contribution < -0.4 is 21.8 Å². The van der Waals surface area contributed by atoms with E-state index in [1.54, 1.807) is 12.4 Å². The number of amides is 2. The Kier molecular flexibility index (Phi) is 11.9. The average Bonchev–Trinajstić information content (AvgIpc) is 2.74. The number of rotatable bonds is 11. The Morgan fingerprint density at radius 2 is 1.90 bits per heavy atom. The molecule has 1 heterocycles. The van der Waals surface area contributed by atoms with E-state index in [1.165, 1.54) is 0 Å². The summed E-state index contributed by atoms with van der Waals surface area (Å²) in [6, 6.07) is 12.8. The zero-order chi connectivity index (χ0) is 21.8. The van der Waals surface area contributed by atoms with Gasteiger partial charge in [0.05, 0.1) is 12.8 Å². The van der Waals surface area contributed by atoms with Crippen LogP contribution in [0, 0.1) is 5.92 Å². The molecule has 0 aliphatic rings. The molecule has 1 aromatic carbocycles. The number of nitrogens with two attached hydrogens (primary N) is 1. The first kappa shape index (κ1) is 26.1. The second kappa shape index (κ2) is 14.1. The number of aromatic nitrogens is 1. The van der Waals surface area contributed by atoms with Crippen molar-refractivity contribution in [3.8, 4) is 0 Å². The van der Waals surface area contributed by atoms with Crippen molar-refractivity contribution in [2.45, 2.75) is 32.9 Å². The second-order valence-corrected chi connectivity index (χ2v) is 7.27. The van der Waals surface area contributed by atoms with Crippen molar-refractivity contribution in [2.24, 2.45) is 16.9 Å². The lowest BCUT2D eigenvalue weighted by Crippen LogP contribution is -2.51. The highest BCUT2D eigenvalue weighted by Gasteiger charge is 2.23. The zero-order valence-corrected chi connectivity index (χ0v) is 18.7. The fourth-order valence-electron chi connectivity index (χ4n) is 2.86. The van der Waals surface area contributed by atoms with E-state index in [2.05, 4.69) is 26.0 Å². The van der Waals surface area contributed by atoms with Crippen molar-refractivity contribution >= 4 is 30.4 Å². The Balaban J connectivity index is 0.00000480. The Morgan fingerprint density at radius 3 is 2.52 bits per heavy atom. The fraction of sp³-hybridized carbons (Fsp3) is 0.364. The summed E-state index contributed by atoms with van der Waals surface area (Å²) in [6.45, 7) is 4.94. The quantitative estimate of drug-likeness (QED) is 0.236. The largest absolute Gasteiger partial charge is 0.354 e. The lowest BCUT2D eigenvalue weighted by atomic mass is 10.0. The molecule has 1 aromatic heterocycles. The highest BCUT2D eigenvalue weighted by molar-refractivity contribution is 5.88. The maximum absolute atomic E-state index is 12.5. The minimum absolute atomic E-state index is 0. The van der Waals surface area contributed by atoms with Gasteiger partial charge in [-0.05, 0) is 29.2 Å². The lowest BCUT2D eigenvalue weighted by Gasteiger charge is -2.22. The zero-order valence-electron chi connectivity index (χ0n) is 17.9. The first-order valence-corrected chi connectivity index (χ1v) is 9.99. The summed E-state index contributed by atoms with van der Waals surface area (Å²) >= 11 is 0. The van der Waals surface area contributed by atoms with Crippen molar-refractivity contribution in [3.63, 3.8) is 0 Å². The summed E-state index contributed by atoms with van der Waals surface area (Å²) in [5.41, 5.74) is 2.85. The van der Waals surface area contributed by atoms with Gasteiger partial charge in [0.15, 0.2) is 0 Å². The van der Waals surface area contributed by atoms with Crippen LogP contribution in [0.5, 0.6) is 0 Å². The van der Waals surface area contributed by atoms with Gasteiger partial charge in [-0.15, -0.1) is 12.4 Å². The molecule has 31 heavy (non-hydrogen) atoms. The number of carbonyl (C=O) groups excluding carboxylic acids is 2. The molecule has 1 unspecified atom stereocenters. The van der Waals surface area contributed by atoms with Crippen molar-refractivity contribution in [3.05, 3.63) is 65.5 Å². The molecule has 0 bridgehead atoms. The van der Waals surface area contributed by atoms with E-state index >= 15 is 0 Å². The van der Waals surface area contributed by atoms with E-state index in [0.717, 1.165) is 16.8 Å². The number of halogens is 1. The summed E-state index contributed by atoms with van der Waals surface area (Å²) in [5, 5.41) is 12.3. The van der Waals surface area contributed by atoms with Gasteiger partial charge in [0.2, 0.25) is 11.8 Å². The third-order valence-electron chi connectivity index (χ3n) is 4.49. The number of nitrogens with zero attached hydrogens (tertiary/aromatic N) is 2. The minimum atomic E-state index is -0.585. The van der Waals surface area contributed by atoms with Crippen molar-refractivity contribution in [1.29, 1.82) is 0 Å².